The van der Waals surface area contributed by atoms with Gasteiger partial charge in [-0.1, -0.05) is 19.4 Å². The molecule has 7 nitrogen and oxygen atoms in total. The van der Waals surface area contributed by atoms with E-state index in [1.54, 1.807) is 31.2 Å². The number of aromatic nitrogens is 4. The molecule has 0 spiro atoms. The van der Waals surface area contributed by atoms with E-state index in [1.807, 2.05) is 0 Å². The number of halogens is 3. The van der Waals surface area contributed by atoms with Gasteiger partial charge in [0.15, 0.2) is 5.76 Å². The summed E-state index contributed by atoms with van der Waals surface area (Å²) in [5.74, 6) is 0.213. The van der Waals surface area contributed by atoms with E-state index in [1.165, 1.54) is 12.1 Å². The Morgan fingerprint density at radius 2 is 2.00 bits per heavy atom. The molecule has 10 heteroatoms. The average Bonchev–Trinajstić information content (AvgIpc) is 3.36. The predicted octanol–water partition coefficient (Wildman–Crippen LogP) is 4.84. The number of hydrogen-bond donors (Lipinski definition) is 2. The number of aromatic amines is 1. The second kappa shape index (κ2) is 7.62. The highest BCUT2D eigenvalue weighted by Gasteiger charge is 2.33. The molecule has 0 aliphatic carbocycles. The van der Waals surface area contributed by atoms with Gasteiger partial charge < -0.3 is 9.73 Å². The molecule has 0 aliphatic rings. The van der Waals surface area contributed by atoms with Crippen molar-refractivity contribution in [3.05, 3.63) is 59.2 Å². The monoisotopic (exact) mass is 415 g/mol. The predicted molar refractivity (Wildman–Crippen MR) is 103 cm³/mol. The fourth-order valence-electron chi connectivity index (χ4n) is 3.18. The number of fused-ring (bicyclic) bond motifs is 1. The zero-order valence-corrected chi connectivity index (χ0v) is 15.7. The van der Waals surface area contributed by atoms with E-state index in [9.17, 15) is 18.0 Å². The van der Waals surface area contributed by atoms with Gasteiger partial charge >= 0.3 is 6.18 Å². The second-order valence-corrected chi connectivity index (χ2v) is 6.67. The third-order valence-electron chi connectivity index (χ3n) is 4.54. The first kappa shape index (κ1) is 19.6. The van der Waals surface area contributed by atoms with E-state index in [-0.39, 0.29) is 17.8 Å². The van der Waals surface area contributed by atoms with Crippen LogP contribution in [0.2, 0.25) is 0 Å². The second-order valence-electron chi connectivity index (χ2n) is 6.67. The largest absolute Gasteiger partial charge is 0.453 e. The molecule has 0 radical (unpaired) electrons. The van der Waals surface area contributed by atoms with Gasteiger partial charge in [0.2, 0.25) is 5.82 Å². The Balaban J connectivity index is 1.59. The molecule has 4 aromatic rings. The van der Waals surface area contributed by atoms with Crippen molar-refractivity contribution in [3.8, 4) is 11.6 Å². The first-order valence-electron chi connectivity index (χ1n) is 9.14. The number of nitrogens with one attached hydrogen (secondary N) is 2. The Morgan fingerprint density at radius 3 is 2.70 bits per heavy atom. The molecule has 0 saturated heterocycles. The summed E-state index contributed by atoms with van der Waals surface area (Å²) in [6.45, 7) is 1.80. The van der Waals surface area contributed by atoms with Crippen molar-refractivity contribution in [1.82, 2.24) is 20.6 Å². The Hall–Kier alpha value is -3.69. The molecule has 2 aromatic heterocycles. The Labute approximate surface area is 168 Å². The number of amides is 1. The van der Waals surface area contributed by atoms with Crippen molar-refractivity contribution in [3.63, 3.8) is 0 Å². The highest BCUT2D eigenvalue weighted by molar-refractivity contribution is 6.06. The lowest BCUT2D eigenvalue weighted by Gasteiger charge is -2.14. The Morgan fingerprint density at radius 1 is 1.17 bits per heavy atom. The summed E-state index contributed by atoms with van der Waals surface area (Å²) in [4.78, 5) is 12.6. The van der Waals surface area contributed by atoms with Crippen LogP contribution < -0.4 is 5.32 Å². The molecule has 0 fully saturated rings. The number of rotatable bonds is 5. The van der Waals surface area contributed by atoms with Crippen LogP contribution in [-0.2, 0) is 12.6 Å². The van der Waals surface area contributed by atoms with Gasteiger partial charge in [-0.2, -0.15) is 18.4 Å². The average molecular weight is 415 g/mol. The van der Waals surface area contributed by atoms with Gasteiger partial charge in [0.05, 0.1) is 5.56 Å². The van der Waals surface area contributed by atoms with E-state index in [4.69, 9.17) is 4.42 Å². The third kappa shape index (κ3) is 3.88. The lowest BCUT2D eigenvalue weighted by Crippen LogP contribution is -2.14. The lowest BCUT2D eigenvalue weighted by molar-refractivity contribution is -0.138. The standard InChI is InChI=1S/C20H16F3N5O2/c1-2-3-11-8-14(6-7-15(11)20(21,22)23)24-19(29)13-5-4-12-9-17(30-16(12)10-13)18-25-27-28-26-18/h4-10H,2-3H2,1H3,(H,24,29)(H,25,26,27,28). The van der Waals surface area contributed by atoms with E-state index in [0.717, 1.165) is 11.5 Å². The van der Waals surface area contributed by atoms with Crippen molar-refractivity contribution in [2.24, 2.45) is 0 Å². The number of nitrogens with zero attached hydrogens (tertiary/aromatic N) is 3. The SMILES string of the molecule is CCCc1cc(NC(=O)c2ccc3cc(-c4nn[nH]n4)oc3c2)ccc1C(F)(F)F. The molecule has 0 bridgehead atoms. The topological polar surface area (TPSA) is 96.7 Å². The maximum atomic E-state index is 13.2. The fraction of sp³-hybridized carbons (Fsp3) is 0.200. The Bertz CT molecular complexity index is 1200. The van der Waals surface area contributed by atoms with Gasteiger partial charge in [0.1, 0.15) is 5.58 Å². The summed E-state index contributed by atoms with van der Waals surface area (Å²) in [6, 6.07) is 10.2. The molecule has 154 valence electrons. The summed E-state index contributed by atoms with van der Waals surface area (Å²) < 4.78 is 45.2. The number of anilines is 1. The molecule has 0 saturated carbocycles. The van der Waals surface area contributed by atoms with Gasteiger partial charge in [-0.05, 0) is 53.6 Å². The van der Waals surface area contributed by atoms with Gasteiger partial charge in [-0.3, -0.25) is 4.79 Å². The molecule has 4 rings (SSSR count). The van der Waals surface area contributed by atoms with Crippen LogP contribution in [0.4, 0.5) is 18.9 Å². The van der Waals surface area contributed by atoms with E-state index in [2.05, 4.69) is 25.9 Å². The smallest absolute Gasteiger partial charge is 0.416 e. The zero-order chi connectivity index (χ0) is 21.3. The summed E-state index contributed by atoms with van der Waals surface area (Å²) >= 11 is 0. The number of carbonyl (C=O) groups is 1. The van der Waals surface area contributed by atoms with Crippen molar-refractivity contribution < 1.29 is 22.4 Å². The number of carbonyl (C=O) groups excluding carboxylic acids is 1. The van der Waals surface area contributed by atoms with E-state index < -0.39 is 17.6 Å². The number of furan rings is 1. The minimum atomic E-state index is -4.44. The number of benzene rings is 2. The van der Waals surface area contributed by atoms with Crippen LogP contribution in [0.15, 0.2) is 46.9 Å². The van der Waals surface area contributed by atoms with Crippen LogP contribution in [0.5, 0.6) is 0 Å². The van der Waals surface area contributed by atoms with Crippen LogP contribution in [0.25, 0.3) is 22.6 Å². The van der Waals surface area contributed by atoms with E-state index >= 15 is 0 Å². The number of aryl methyl sites for hydroxylation is 1. The molecule has 0 aliphatic heterocycles. The summed E-state index contributed by atoms with van der Waals surface area (Å²) in [5.41, 5.74) is 0.501. The number of alkyl halides is 3. The van der Waals surface area contributed by atoms with Crippen LogP contribution in [-0.4, -0.2) is 26.5 Å². The number of H-pyrrole nitrogens is 1. The molecule has 1 amide bonds. The zero-order valence-electron chi connectivity index (χ0n) is 15.7. The fourth-order valence-corrected chi connectivity index (χ4v) is 3.18. The number of hydrogen-bond acceptors (Lipinski definition) is 5. The van der Waals surface area contributed by atoms with Gasteiger partial charge in [-0.25, -0.2) is 0 Å². The van der Waals surface area contributed by atoms with E-state index in [0.29, 0.717) is 29.0 Å². The maximum absolute atomic E-state index is 13.2. The normalized spacial score (nSPS) is 11.7. The third-order valence-corrected chi connectivity index (χ3v) is 4.54. The number of tetrazole rings is 1. The summed E-state index contributed by atoms with van der Waals surface area (Å²) in [7, 11) is 0. The van der Waals surface area contributed by atoms with Crippen LogP contribution in [0.1, 0.15) is 34.8 Å². The molecule has 30 heavy (non-hydrogen) atoms. The summed E-state index contributed by atoms with van der Waals surface area (Å²) in [6.07, 6.45) is -3.62. The highest BCUT2D eigenvalue weighted by Crippen LogP contribution is 2.34. The molecule has 0 unspecified atom stereocenters. The van der Waals surface area contributed by atoms with Crippen LogP contribution in [0.3, 0.4) is 0 Å². The maximum Gasteiger partial charge on any atom is 0.416 e. The first-order chi connectivity index (χ1) is 14.3. The van der Waals surface area contributed by atoms with Gasteiger partial charge in [-0.15, -0.1) is 10.2 Å². The molecule has 0 atom stereocenters. The van der Waals surface area contributed by atoms with Gasteiger partial charge in [0.25, 0.3) is 5.91 Å². The van der Waals surface area contributed by atoms with Crippen molar-refractivity contribution >= 4 is 22.6 Å². The molecular weight excluding hydrogens is 399 g/mol. The summed E-state index contributed by atoms with van der Waals surface area (Å²) in [5, 5.41) is 16.9. The molecule has 2 heterocycles. The highest BCUT2D eigenvalue weighted by atomic mass is 19.4. The van der Waals surface area contributed by atoms with Crippen molar-refractivity contribution in [2.75, 3.05) is 5.32 Å². The Kier molecular flexibility index (Phi) is 4.98. The van der Waals surface area contributed by atoms with Crippen molar-refractivity contribution in [1.29, 1.82) is 0 Å². The van der Waals surface area contributed by atoms with Crippen LogP contribution in [0, 0.1) is 0 Å². The van der Waals surface area contributed by atoms with Crippen molar-refractivity contribution in [2.45, 2.75) is 25.9 Å². The minimum absolute atomic E-state index is 0.147. The van der Waals surface area contributed by atoms with Crippen LogP contribution >= 0.6 is 0 Å². The minimum Gasteiger partial charge on any atom is -0.453 e. The quantitative estimate of drug-likeness (QED) is 0.486. The first-order valence-corrected chi connectivity index (χ1v) is 9.14. The van der Waals surface area contributed by atoms with Gasteiger partial charge in [0, 0.05) is 16.6 Å². The molecule has 2 N–H and O–H groups in total. The lowest BCUT2D eigenvalue weighted by atomic mass is 10.0. The molecule has 2 aromatic carbocycles. The molecular formula is C20H16F3N5O2.